The number of aromatic amines is 1. The Hall–Kier alpha value is -13.1. The number of primary amides is 2. The Morgan fingerprint density at radius 1 is 0.516 bits per heavy atom. The highest BCUT2D eigenvalue weighted by Gasteiger charge is 2.42. The summed E-state index contributed by atoms with van der Waals surface area (Å²) in [5.74, 6) is -17.1. The Morgan fingerprint density at radius 3 is 1.62 bits per heavy atom. The number of aromatic nitrogens is 2. The number of benzene rings is 5. The fraction of sp³-hybridized carbons (Fsp3) is 0.433. The number of amides is 15. The molecule has 0 radical (unpaired) electrons. The van der Waals surface area contributed by atoms with Crippen LogP contribution >= 0.6 is 23.1 Å². The summed E-state index contributed by atoms with van der Waals surface area (Å²) in [6.45, 7) is 2.76. The molecule has 0 bridgehead atoms. The largest absolute Gasteiger partial charge is 0.508 e. The lowest BCUT2D eigenvalue weighted by Gasteiger charge is -2.36. The van der Waals surface area contributed by atoms with E-state index in [-0.39, 0.29) is 87.3 Å². The Labute approximate surface area is 750 Å². The first-order valence-corrected chi connectivity index (χ1v) is 44.2. The minimum Gasteiger partial charge on any atom is -0.508 e. The minimum atomic E-state index is -1.78. The number of nitrogens with two attached hydrogens (primary N) is 3. The molecule has 0 saturated carbocycles. The third-order valence-electron chi connectivity index (χ3n) is 22.0. The van der Waals surface area contributed by atoms with E-state index in [0.717, 1.165) is 26.5 Å². The predicted molar refractivity (Wildman–Crippen MR) is 479 cm³/mol. The van der Waals surface area contributed by atoms with Crippen molar-refractivity contribution in [1.82, 2.24) is 77.0 Å². The average Bonchev–Trinajstić information content (AvgIpc) is 1.63. The standard InChI is InChI=1S/C90H116N18O18S2/c1-9-10-27-72-88(124)105(5)48-78(115)98-69(44-75(92)112)84(120)103-79(53(2)3)90(126)107(7)73(40-55-22-15-12-16-23-55)85(121)101-70(39-57-30-34-62(110)35-31-57)87(123)104(4)47-77(114)97-68(42-59-45-94-65-25-18-17-24-64(59)65)83(119)100-67(38-56-28-32-61(109)33-29-56)82(118)99-66(26-19-36-91)81(117)102-71(80(116)95-46-76(93)113)51-127-50-63(111)41-58(37-54-20-13-11-14-21-54)86(122)108(8)74(89(125)106(72)6)43-60-49-128-52-96-60/h11-18,20-25,28-35,45,49,52-53,58,66-74,79,94,109-110H,9-10,19,26-27,36-44,46-48,50-51,91H2,1-8H3,(H2,92,112)(H2,93,113)(H,95,116)(H,97,114)(H,98,115)(H,99,118)(H,100,119)(H,101,121)(H,102,117)(H,103,120)/t58-,66+,67+,68+,69+,70+,71+,72+,73+,74+,79+/m1/s1. The summed E-state index contributed by atoms with van der Waals surface area (Å²) < 4.78 is 0. The summed E-state index contributed by atoms with van der Waals surface area (Å²) in [5.41, 5.74) is 22.3. The molecule has 1 saturated heterocycles. The van der Waals surface area contributed by atoms with Gasteiger partial charge in [0.25, 0.3) is 0 Å². The third-order valence-corrected chi connectivity index (χ3v) is 23.7. The van der Waals surface area contributed by atoms with E-state index in [9.17, 15) is 53.4 Å². The predicted octanol–water partition coefficient (Wildman–Crippen LogP) is 0.967. The van der Waals surface area contributed by atoms with Gasteiger partial charge in [-0.25, -0.2) is 4.98 Å². The van der Waals surface area contributed by atoms with Gasteiger partial charge in [-0.3, -0.25) is 76.7 Å². The highest BCUT2D eigenvalue weighted by molar-refractivity contribution is 8.00. The lowest BCUT2D eigenvalue weighted by Crippen LogP contribution is -2.61. The lowest BCUT2D eigenvalue weighted by molar-refractivity contribution is -0.152. The summed E-state index contributed by atoms with van der Waals surface area (Å²) in [4.78, 5) is 248. The van der Waals surface area contributed by atoms with Crippen LogP contribution in [-0.2, 0) is 115 Å². The van der Waals surface area contributed by atoms with Crippen LogP contribution in [0.25, 0.3) is 10.9 Å². The maximum absolute atomic E-state index is 15.4. The maximum Gasteiger partial charge on any atom is 0.246 e. The number of Topliss-reactive ketones (excluding diaryl/α,β-unsaturated/α-hetero) is 1. The number of nitrogens with one attached hydrogen (secondary N) is 9. The maximum atomic E-state index is 15.4. The minimum absolute atomic E-state index is 0.0118. The first kappa shape index (κ1) is 100. The molecule has 8 rings (SSSR count). The number of phenols is 2. The number of H-pyrrole nitrogens is 1. The Morgan fingerprint density at radius 2 is 1.04 bits per heavy atom. The topological polar surface area (TPSA) is 533 Å². The zero-order chi connectivity index (χ0) is 93.4. The van der Waals surface area contributed by atoms with Crippen molar-refractivity contribution in [3.05, 3.63) is 184 Å². The van der Waals surface area contributed by atoms with Crippen molar-refractivity contribution in [2.45, 2.75) is 165 Å². The van der Waals surface area contributed by atoms with E-state index >= 15 is 33.6 Å². The van der Waals surface area contributed by atoms with Gasteiger partial charge < -0.3 is 99.4 Å². The second-order valence-electron chi connectivity index (χ2n) is 32.2. The van der Waals surface area contributed by atoms with Gasteiger partial charge in [-0.1, -0.05) is 137 Å². The van der Waals surface area contributed by atoms with Crippen LogP contribution in [-0.4, -0.2) is 272 Å². The fourth-order valence-corrected chi connectivity index (χ4v) is 16.3. The molecule has 1 aliphatic rings. The number of carbonyl (C=O) groups is 16. The van der Waals surface area contributed by atoms with Gasteiger partial charge in [0.05, 0.1) is 43.0 Å². The molecule has 7 aromatic rings. The van der Waals surface area contributed by atoms with Gasteiger partial charge in [-0.05, 0) is 96.3 Å². The van der Waals surface area contributed by atoms with Crippen LogP contribution in [0.2, 0.25) is 0 Å². The van der Waals surface area contributed by atoms with Crippen LogP contribution < -0.4 is 59.7 Å². The summed E-state index contributed by atoms with van der Waals surface area (Å²) in [6, 6.07) is 20.3. The van der Waals surface area contributed by atoms with E-state index in [1.54, 1.807) is 110 Å². The molecule has 1 fully saturated rings. The number of hydrogen-bond acceptors (Lipinski definition) is 22. The van der Waals surface area contributed by atoms with E-state index in [0.29, 0.717) is 57.3 Å². The molecule has 1 aliphatic heterocycles. The molecule has 38 heteroatoms. The fourth-order valence-electron chi connectivity index (χ4n) is 14.8. The Bertz CT molecular complexity index is 5010. The number of nitrogens with zero attached hydrogens (tertiary/aromatic N) is 6. The highest BCUT2D eigenvalue weighted by Crippen LogP contribution is 2.26. The number of fused-ring (bicyclic) bond motifs is 1. The average molecular weight is 1800 g/mol. The molecule has 0 spiro atoms. The number of thiazole rings is 1. The highest BCUT2D eigenvalue weighted by atomic mass is 32.2. The number of carbonyl (C=O) groups excluding carboxylic acids is 16. The molecule has 686 valence electrons. The van der Waals surface area contributed by atoms with E-state index in [4.69, 9.17) is 17.2 Å². The quantitative estimate of drug-likeness (QED) is 0.0401. The van der Waals surface area contributed by atoms with Crippen LogP contribution in [0.5, 0.6) is 11.5 Å². The summed E-state index contributed by atoms with van der Waals surface area (Å²) >= 11 is 2.10. The van der Waals surface area contributed by atoms with Gasteiger partial charge in [0.15, 0.2) is 0 Å². The number of phenolic OH excluding ortho intramolecular Hbond substituents is 2. The van der Waals surface area contributed by atoms with E-state index < -0.39 is 199 Å². The molecular formula is C90H116N18O18S2. The molecule has 0 unspecified atom stereocenters. The van der Waals surface area contributed by atoms with Crippen molar-refractivity contribution < 1.29 is 86.9 Å². The molecule has 17 N–H and O–H groups in total. The molecule has 36 nitrogen and oxygen atoms in total. The van der Waals surface area contributed by atoms with Crippen molar-refractivity contribution in [3.8, 4) is 11.5 Å². The monoisotopic (exact) mass is 1800 g/mol. The number of hydrogen-bond donors (Lipinski definition) is 14. The zero-order valence-electron chi connectivity index (χ0n) is 73.0. The molecule has 15 amide bonds. The van der Waals surface area contributed by atoms with E-state index in [1.807, 2.05) is 6.92 Å². The number of para-hydroxylation sites is 1. The molecule has 5 aromatic carbocycles. The second kappa shape index (κ2) is 49.1. The number of thioether (sulfide) groups is 1. The van der Waals surface area contributed by atoms with Gasteiger partial charge in [0.1, 0.15) is 77.7 Å². The van der Waals surface area contributed by atoms with Crippen molar-refractivity contribution in [1.29, 1.82) is 0 Å². The van der Waals surface area contributed by atoms with Crippen molar-refractivity contribution in [3.63, 3.8) is 0 Å². The van der Waals surface area contributed by atoms with Gasteiger partial charge in [0.2, 0.25) is 88.6 Å². The van der Waals surface area contributed by atoms with Gasteiger partial charge in [-0.15, -0.1) is 11.3 Å². The number of likely N-dealkylation sites (N-methyl/N-ethyl adjacent to an activating group) is 5. The normalized spacial score (nSPS) is 22.0. The van der Waals surface area contributed by atoms with Crippen LogP contribution in [0.1, 0.15) is 99.2 Å². The SMILES string of the molecule is CCCC[C@H]1C(=O)N(C)CC(=O)N[C@@H](CC(N)=O)C(=O)N[C@@H](C(C)C)C(=O)N(C)[C@@H](Cc2ccccc2)C(=O)N[C@@H](Cc2ccc(O)cc2)C(=O)N(C)CC(=O)N[C@@H](Cc2c[nH]c3ccccc23)C(=O)N[C@@H](Cc2ccc(O)cc2)C(=O)N[C@@H](CCCN)C(=O)N[C@H](C(=O)NCC(N)=O)CSCC(=O)C[C@@H](Cc2ccccc2)C(=O)N(C)[C@@H](Cc2cscn2)C(=O)N1C. The van der Waals surface area contributed by atoms with E-state index in [2.05, 4.69) is 52.5 Å². The molecular weight excluding hydrogens is 1690 g/mol. The van der Waals surface area contributed by atoms with Gasteiger partial charge in [-0.2, -0.15) is 11.8 Å². The van der Waals surface area contributed by atoms with Crippen LogP contribution in [0, 0.1) is 11.8 Å². The molecule has 0 aliphatic carbocycles. The van der Waals surface area contributed by atoms with E-state index in [1.165, 1.54) is 110 Å². The smallest absolute Gasteiger partial charge is 0.246 e. The zero-order valence-corrected chi connectivity index (χ0v) is 74.6. The first-order chi connectivity index (χ1) is 61.0. The molecule has 3 heterocycles. The number of aromatic hydroxyl groups is 2. The summed E-state index contributed by atoms with van der Waals surface area (Å²) in [6.07, 6.45) is -0.0000530. The first-order valence-electron chi connectivity index (χ1n) is 42.1. The summed E-state index contributed by atoms with van der Waals surface area (Å²) in [5, 5.41) is 44.2. The Balaban J connectivity index is 1.21. The van der Waals surface area contributed by atoms with Crippen LogP contribution in [0.4, 0.5) is 0 Å². The van der Waals surface area contributed by atoms with Crippen LogP contribution in [0.3, 0.4) is 0 Å². The molecule has 11 atom stereocenters. The molecule has 128 heavy (non-hydrogen) atoms. The third kappa shape index (κ3) is 30.0. The lowest BCUT2D eigenvalue weighted by atomic mass is 9.92. The van der Waals surface area contributed by atoms with Crippen molar-refractivity contribution >= 4 is 128 Å². The van der Waals surface area contributed by atoms with Gasteiger partial charge >= 0.3 is 0 Å². The van der Waals surface area contributed by atoms with Gasteiger partial charge in [0, 0.05) is 108 Å². The number of rotatable bonds is 24. The number of unbranched alkanes of at least 4 members (excludes halogenated alkanes) is 1. The van der Waals surface area contributed by atoms with Crippen molar-refractivity contribution in [2.24, 2.45) is 29.0 Å². The Kier molecular flexibility index (Phi) is 38.5. The van der Waals surface area contributed by atoms with Crippen molar-refractivity contribution in [2.75, 3.05) is 72.9 Å². The second-order valence-corrected chi connectivity index (χ2v) is 34.0. The van der Waals surface area contributed by atoms with Crippen LogP contribution in [0.15, 0.2) is 151 Å². The number of ketones is 1. The molecule has 2 aromatic heterocycles. The summed E-state index contributed by atoms with van der Waals surface area (Å²) in [7, 11) is 6.60.